The van der Waals surface area contributed by atoms with E-state index in [1.54, 1.807) is 36.2 Å². The number of aryl methyl sites for hydroxylation is 1. The van der Waals surface area contributed by atoms with Crippen LogP contribution in [0.1, 0.15) is 41.2 Å². The number of amides is 2. The molecule has 1 aromatic heterocycles. The zero-order valence-electron chi connectivity index (χ0n) is 19.3. The lowest BCUT2D eigenvalue weighted by atomic mass is 10.2. The van der Waals surface area contributed by atoms with Crippen LogP contribution in [0, 0.1) is 13.8 Å². The number of ether oxygens (including phenoxy) is 1. The third-order valence-electron chi connectivity index (χ3n) is 5.15. The van der Waals surface area contributed by atoms with Crippen molar-refractivity contribution in [3.05, 3.63) is 77.1 Å². The highest BCUT2D eigenvalue weighted by Gasteiger charge is 2.18. The molecule has 168 valence electrons. The number of carbonyl (C=O) groups is 2. The van der Waals surface area contributed by atoms with Crippen molar-refractivity contribution < 1.29 is 14.3 Å². The van der Waals surface area contributed by atoms with Crippen LogP contribution in [0.15, 0.2) is 54.6 Å². The predicted octanol–water partition coefficient (Wildman–Crippen LogP) is 3.66. The molecule has 0 fully saturated rings. The second-order valence-electron chi connectivity index (χ2n) is 8.02. The summed E-state index contributed by atoms with van der Waals surface area (Å²) < 4.78 is 7.47. The molecule has 0 saturated heterocycles. The quantitative estimate of drug-likeness (QED) is 0.587. The molecule has 1 N–H and O–H groups in total. The number of benzene rings is 2. The largest absolute Gasteiger partial charge is 0.491 e. The minimum atomic E-state index is -0.299. The number of likely N-dealkylation sites (N-methyl/N-ethyl adjacent to an activating group) is 1. The van der Waals surface area contributed by atoms with Crippen LogP contribution in [0.4, 0.5) is 0 Å². The van der Waals surface area contributed by atoms with Gasteiger partial charge >= 0.3 is 0 Å². The van der Waals surface area contributed by atoms with Crippen LogP contribution in [0.25, 0.3) is 5.69 Å². The Labute approximate surface area is 189 Å². The van der Waals surface area contributed by atoms with Gasteiger partial charge in [-0.3, -0.25) is 9.59 Å². The van der Waals surface area contributed by atoms with Gasteiger partial charge in [0.15, 0.2) is 0 Å². The van der Waals surface area contributed by atoms with E-state index in [9.17, 15) is 9.59 Å². The SMILES string of the molecule is Cc1nn(-c2ccccc2)c(C)c1CN(C)C(=O)CNC(=O)c1ccc(OC(C)C)cc1. The Hall–Kier alpha value is -3.61. The third kappa shape index (κ3) is 5.55. The fourth-order valence-corrected chi connectivity index (χ4v) is 3.40. The standard InChI is InChI=1S/C25H30N4O3/c1-17(2)32-22-13-11-20(12-14-22)25(31)26-15-24(30)28(5)16-23-18(3)27-29(19(23)4)21-9-7-6-8-10-21/h6-14,17H,15-16H2,1-5H3,(H,26,31). The van der Waals surface area contributed by atoms with E-state index in [2.05, 4.69) is 10.4 Å². The van der Waals surface area contributed by atoms with Crippen molar-refractivity contribution in [3.63, 3.8) is 0 Å². The Kier molecular flexibility index (Phi) is 7.30. The van der Waals surface area contributed by atoms with Crippen molar-refractivity contribution in [2.75, 3.05) is 13.6 Å². The first kappa shape index (κ1) is 23.1. The molecular weight excluding hydrogens is 404 g/mol. The highest BCUT2D eigenvalue weighted by Crippen LogP contribution is 2.19. The van der Waals surface area contributed by atoms with Gasteiger partial charge in [0, 0.05) is 30.4 Å². The van der Waals surface area contributed by atoms with Gasteiger partial charge in [-0.15, -0.1) is 0 Å². The molecule has 1 heterocycles. The van der Waals surface area contributed by atoms with Gasteiger partial charge in [0.05, 0.1) is 24.0 Å². The van der Waals surface area contributed by atoms with Crippen molar-refractivity contribution >= 4 is 11.8 Å². The minimum Gasteiger partial charge on any atom is -0.491 e. The van der Waals surface area contributed by atoms with Crippen LogP contribution < -0.4 is 10.1 Å². The molecule has 2 amide bonds. The minimum absolute atomic E-state index is 0.0647. The highest BCUT2D eigenvalue weighted by atomic mass is 16.5. The molecule has 32 heavy (non-hydrogen) atoms. The van der Waals surface area contributed by atoms with Crippen molar-refractivity contribution in [1.29, 1.82) is 0 Å². The zero-order valence-corrected chi connectivity index (χ0v) is 19.3. The Morgan fingerprint density at radius 2 is 1.72 bits per heavy atom. The molecule has 0 unspecified atom stereocenters. The molecule has 0 aliphatic carbocycles. The summed E-state index contributed by atoms with van der Waals surface area (Å²) in [5.41, 5.74) is 4.31. The maximum atomic E-state index is 12.6. The average Bonchev–Trinajstić information content (AvgIpc) is 3.06. The fraction of sp³-hybridized carbons (Fsp3) is 0.320. The number of hydrogen-bond donors (Lipinski definition) is 1. The van der Waals surface area contributed by atoms with Gasteiger partial charge < -0.3 is 15.0 Å². The Morgan fingerprint density at radius 3 is 2.34 bits per heavy atom. The van der Waals surface area contributed by atoms with Crippen LogP contribution in [0.5, 0.6) is 5.75 Å². The second kappa shape index (κ2) is 10.1. The summed E-state index contributed by atoms with van der Waals surface area (Å²) >= 11 is 0. The Bertz CT molecular complexity index is 1070. The van der Waals surface area contributed by atoms with E-state index in [0.29, 0.717) is 17.9 Å². The second-order valence-corrected chi connectivity index (χ2v) is 8.02. The zero-order chi connectivity index (χ0) is 23.3. The topological polar surface area (TPSA) is 76.5 Å². The van der Waals surface area contributed by atoms with Gasteiger partial charge in [-0.2, -0.15) is 5.10 Å². The Balaban J connectivity index is 1.58. The van der Waals surface area contributed by atoms with Gasteiger partial charge in [0.1, 0.15) is 5.75 Å². The molecule has 2 aromatic carbocycles. The third-order valence-corrected chi connectivity index (χ3v) is 5.15. The van der Waals surface area contributed by atoms with Crippen molar-refractivity contribution in [2.45, 2.75) is 40.3 Å². The number of rotatable bonds is 8. The van der Waals surface area contributed by atoms with E-state index in [1.165, 1.54) is 0 Å². The van der Waals surface area contributed by atoms with E-state index in [4.69, 9.17) is 4.74 Å². The first-order valence-electron chi connectivity index (χ1n) is 10.7. The normalized spacial score (nSPS) is 10.8. The monoisotopic (exact) mass is 434 g/mol. The summed E-state index contributed by atoms with van der Waals surface area (Å²) in [5.74, 6) is 0.227. The summed E-state index contributed by atoms with van der Waals surface area (Å²) in [5, 5.41) is 7.32. The van der Waals surface area contributed by atoms with Crippen molar-refractivity contribution in [1.82, 2.24) is 20.0 Å². The van der Waals surface area contributed by atoms with Gasteiger partial charge in [0.25, 0.3) is 5.91 Å². The number of nitrogens with zero attached hydrogens (tertiary/aromatic N) is 3. The van der Waals surface area contributed by atoms with Gasteiger partial charge in [-0.05, 0) is 64.1 Å². The van der Waals surface area contributed by atoms with Gasteiger partial charge in [-0.25, -0.2) is 4.68 Å². The van der Waals surface area contributed by atoms with Crippen LogP contribution in [0.3, 0.4) is 0 Å². The van der Waals surface area contributed by atoms with Crippen LogP contribution in [-0.4, -0.2) is 46.2 Å². The maximum absolute atomic E-state index is 12.6. The lowest BCUT2D eigenvalue weighted by molar-refractivity contribution is -0.129. The molecule has 0 bridgehead atoms. The molecular formula is C25H30N4O3. The molecule has 3 rings (SSSR count). The Morgan fingerprint density at radius 1 is 1.06 bits per heavy atom. The summed E-state index contributed by atoms with van der Waals surface area (Å²) in [6.07, 6.45) is 0.0647. The van der Waals surface area contributed by atoms with Crippen molar-refractivity contribution in [3.8, 4) is 11.4 Å². The van der Waals surface area contributed by atoms with E-state index in [0.717, 1.165) is 22.6 Å². The first-order valence-corrected chi connectivity index (χ1v) is 10.7. The average molecular weight is 435 g/mol. The summed E-state index contributed by atoms with van der Waals surface area (Å²) in [6, 6.07) is 16.8. The molecule has 0 aliphatic rings. The van der Waals surface area contributed by atoms with E-state index in [1.807, 2.05) is 62.7 Å². The van der Waals surface area contributed by atoms with E-state index in [-0.39, 0.29) is 24.5 Å². The maximum Gasteiger partial charge on any atom is 0.251 e. The highest BCUT2D eigenvalue weighted by molar-refractivity contribution is 5.96. The number of para-hydroxylation sites is 1. The number of aromatic nitrogens is 2. The summed E-state index contributed by atoms with van der Waals surface area (Å²) in [6.45, 7) is 8.16. The van der Waals surface area contributed by atoms with Crippen molar-refractivity contribution in [2.24, 2.45) is 0 Å². The number of nitrogens with one attached hydrogen (secondary N) is 1. The molecule has 0 spiro atoms. The van der Waals surface area contributed by atoms with Gasteiger partial charge in [0.2, 0.25) is 5.91 Å². The fourth-order valence-electron chi connectivity index (χ4n) is 3.40. The molecule has 7 nitrogen and oxygen atoms in total. The molecule has 0 saturated carbocycles. The lowest BCUT2D eigenvalue weighted by Crippen LogP contribution is -2.38. The summed E-state index contributed by atoms with van der Waals surface area (Å²) in [7, 11) is 1.73. The molecule has 7 heteroatoms. The van der Waals surface area contributed by atoms with Crippen LogP contribution in [0.2, 0.25) is 0 Å². The number of hydrogen-bond acceptors (Lipinski definition) is 4. The number of carbonyl (C=O) groups excluding carboxylic acids is 2. The lowest BCUT2D eigenvalue weighted by Gasteiger charge is -2.18. The molecule has 3 aromatic rings. The summed E-state index contributed by atoms with van der Waals surface area (Å²) in [4.78, 5) is 26.6. The molecule has 0 radical (unpaired) electrons. The smallest absolute Gasteiger partial charge is 0.251 e. The first-order chi connectivity index (χ1) is 15.3. The predicted molar refractivity (Wildman–Crippen MR) is 124 cm³/mol. The molecule has 0 aliphatic heterocycles. The van der Waals surface area contributed by atoms with E-state index < -0.39 is 0 Å². The van der Waals surface area contributed by atoms with E-state index >= 15 is 0 Å². The van der Waals surface area contributed by atoms with Crippen LogP contribution in [-0.2, 0) is 11.3 Å². The van der Waals surface area contributed by atoms with Crippen LogP contribution >= 0.6 is 0 Å². The molecule has 0 atom stereocenters. The van der Waals surface area contributed by atoms with Gasteiger partial charge in [-0.1, -0.05) is 18.2 Å².